The maximum atomic E-state index is 10.2. The van der Waals surface area contributed by atoms with Gasteiger partial charge in [-0.15, -0.1) is 0 Å². The molecule has 4 N–H and O–H groups in total. The number of hydrogen-bond acceptors (Lipinski definition) is 3. The molecular weight excluding hydrogens is 220 g/mol. The molecule has 17 heavy (non-hydrogen) atoms. The highest BCUT2D eigenvalue weighted by Crippen LogP contribution is 2.11. The summed E-state index contributed by atoms with van der Waals surface area (Å²) in [5.41, 5.74) is 1.08. The van der Waals surface area contributed by atoms with Gasteiger partial charge in [0.2, 0.25) is 0 Å². The minimum Gasteiger partial charge on any atom is -0.465 e. The fourth-order valence-corrected chi connectivity index (χ4v) is 1.53. The summed E-state index contributed by atoms with van der Waals surface area (Å²) in [7, 11) is 0. The number of amides is 1. The lowest BCUT2D eigenvalue weighted by atomic mass is 10.1. The summed E-state index contributed by atoms with van der Waals surface area (Å²) >= 11 is 0. The normalized spacial score (nSPS) is 14.0. The number of hydrogen-bond donors (Lipinski definition) is 4. The summed E-state index contributed by atoms with van der Waals surface area (Å²) in [5, 5.41) is 23.2. The summed E-state index contributed by atoms with van der Waals surface area (Å²) in [6.45, 7) is 2.17. The van der Waals surface area contributed by atoms with E-state index in [-0.39, 0.29) is 12.6 Å². The molecular formula is C12H18N2O3. The van der Waals surface area contributed by atoms with E-state index in [1.807, 2.05) is 37.3 Å². The van der Waals surface area contributed by atoms with Crippen LogP contribution in [-0.2, 0) is 0 Å². The van der Waals surface area contributed by atoms with Crippen molar-refractivity contribution in [2.24, 2.45) is 0 Å². The molecule has 0 bridgehead atoms. The lowest BCUT2D eigenvalue weighted by Crippen LogP contribution is -2.35. The van der Waals surface area contributed by atoms with E-state index in [2.05, 4.69) is 10.6 Å². The first-order valence-electron chi connectivity index (χ1n) is 5.55. The molecule has 0 aliphatic carbocycles. The second kappa shape index (κ2) is 6.88. The van der Waals surface area contributed by atoms with Gasteiger partial charge in [-0.1, -0.05) is 30.3 Å². The fraction of sp³-hybridized carbons (Fsp3) is 0.417. The Balaban J connectivity index is 2.31. The van der Waals surface area contributed by atoms with Gasteiger partial charge in [0.15, 0.2) is 0 Å². The second-order valence-corrected chi connectivity index (χ2v) is 3.84. The molecule has 1 unspecified atom stereocenters. The molecule has 0 saturated carbocycles. The molecule has 2 atom stereocenters. The highest BCUT2D eigenvalue weighted by atomic mass is 16.4. The predicted molar refractivity (Wildman–Crippen MR) is 64.6 cm³/mol. The van der Waals surface area contributed by atoms with Gasteiger partial charge in [0.1, 0.15) is 6.23 Å². The molecule has 5 heteroatoms. The molecule has 0 saturated heterocycles. The number of aliphatic hydroxyl groups excluding tert-OH is 1. The van der Waals surface area contributed by atoms with Crippen molar-refractivity contribution in [2.45, 2.75) is 25.6 Å². The van der Waals surface area contributed by atoms with E-state index in [9.17, 15) is 9.90 Å². The largest absolute Gasteiger partial charge is 0.465 e. The standard InChI is InChI=1S/C12H18N2O3/c1-9(10-5-3-2-4-6-10)14-11(15)7-8-13-12(16)17/h2-6,9,11,13-15H,7-8H2,1H3,(H,16,17)/t9-,11?/m1/s1. The lowest BCUT2D eigenvalue weighted by Gasteiger charge is -2.19. The third-order valence-corrected chi connectivity index (χ3v) is 2.44. The quantitative estimate of drug-likeness (QED) is 0.563. The third kappa shape index (κ3) is 5.33. The number of aliphatic hydroxyl groups is 1. The van der Waals surface area contributed by atoms with E-state index >= 15 is 0 Å². The first kappa shape index (κ1) is 13.5. The molecule has 1 aromatic rings. The zero-order chi connectivity index (χ0) is 12.7. The lowest BCUT2D eigenvalue weighted by molar-refractivity contribution is 0.115. The van der Waals surface area contributed by atoms with Crippen LogP contribution in [0.4, 0.5) is 4.79 Å². The van der Waals surface area contributed by atoms with Crippen molar-refractivity contribution in [1.29, 1.82) is 0 Å². The van der Waals surface area contributed by atoms with E-state index in [0.29, 0.717) is 6.42 Å². The Morgan fingerprint density at radius 3 is 2.59 bits per heavy atom. The van der Waals surface area contributed by atoms with Gasteiger partial charge in [-0.2, -0.15) is 0 Å². The van der Waals surface area contributed by atoms with Crippen LogP contribution in [0.15, 0.2) is 30.3 Å². The van der Waals surface area contributed by atoms with Crippen LogP contribution < -0.4 is 10.6 Å². The van der Waals surface area contributed by atoms with Crippen LogP contribution in [-0.4, -0.2) is 29.1 Å². The van der Waals surface area contributed by atoms with Crippen LogP contribution in [0.1, 0.15) is 24.9 Å². The van der Waals surface area contributed by atoms with Crippen molar-refractivity contribution in [3.8, 4) is 0 Å². The molecule has 1 rings (SSSR count). The van der Waals surface area contributed by atoms with Gasteiger partial charge in [-0.25, -0.2) is 4.79 Å². The minimum absolute atomic E-state index is 0.0241. The van der Waals surface area contributed by atoms with Gasteiger partial charge in [-0.05, 0) is 12.5 Å². The Morgan fingerprint density at radius 1 is 1.35 bits per heavy atom. The zero-order valence-corrected chi connectivity index (χ0v) is 9.76. The number of carboxylic acid groups (broad SMARTS) is 1. The average molecular weight is 238 g/mol. The van der Waals surface area contributed by atoms with E-state index in [1.54, 1.807) is 0 Å². The van der Waals surface area contributed by atoms with E-state index in [1.165, 1.54) is 0 Å². The van der Waals surface area contributed by atoms with Crippen LogP contribution >= 0.6 is 0 Å². The number of carbonyl (C=O) groups is 1. The van der Waals surface area contributed by atoms with E-state index < -0.39 is 12.3 Å². The Labute approximate surface area is 100 Å². The number of nitrogens with one attached hydrogen (secondary N) is 2. The summed E-state index contributed by atoms with van der Waals surface area (Å²) in [4.78, 5) is 10.2. The van der Waals surface area contributed by atoms with Crippen LogP contribution in [0.5, 0.6) is 0 Å². The van der Waals surface area contributed by atoms with Crippen LogP contribution in [0.2, 0.25) is 0 Å². The molecule has 0 heterocycles. The molecule has 0 fully saturated rings. The van der Waals surface area contributed by atoms with Crippen molar-refractivity contribution < 1.29 is 15.0 Å². The Bertz CT molecular complexity index is 343. The van der Waals surface area contributed by atoms with Gasteiger partial charge < -0.3 is 15.5 Å². The maximum Gasteiger partial charge on any atom is 0.404 e. The monoisotopic (exact) mass is 238 g/mol. The molecule has 94 valence electrons. The van der Waals surface area contributed by atoms with Gasteiger partial charge in [0.05, 0.1) is 0 Å². The molecule has 1 aromatic carbocycles. The summed E-state index contributed by atoms with van der Waals surface area (Å²) in [6, 6.07) is 9.78. The van der Waals surface area contributed by atoms with Crippen molar-refractivity contribution in [2.75, 3.05) is 6.54 Å². The second-order valence-electron chi connectivity index (χ2n) is 3.84. The molecule has 0 radical (unpaired) electrons. The Kier molecular flexibility index (Phi) is 5.45. The SMILES string of the molecule is C[C@@H](NC(O)CCNC(=O)O)c1ccccc1. The topological polar surface area (TPSA) is 81.6 Å². The third-order valence-electron chi connectivity index (χ3n) is 2.44. The van der Waals surface area contributed by atoms with Crippen molar-refractivity contribution in [3.05, 3.63) is 35.9 Å². The highest BCUT2D eigenvalue weighted by molar-refractivity contribution is 5.64. The molecule has 0 aromatic heterocycles. The van der Waals surface area contributed by atoms with Gasteiger partial charge >= 0.3 is 6.09 Å². The maximum absolute atomic E-state index is 10.2. The first-order chi connectivity index (χ1) is 8.09. The average Bonchev–Trinajstić information content (AvgIpc) is 2.29. The zero-order valence-electron chi connectivity index (χ0n) is 9.76. The fourth-order valence-electron chi connectivity index (χ4n) is 1.53. The van der Waals surface area contributed by atoms with Crippen LogP contribution in [0.3, 0.4) is 0 Å². The number of rotatable bonds is 6. The van der Waals surface area contributed by atoms with Gasteiger partial charge in [-0.3, -0.25) is 5.32 Å². The summed E-state index contributed by atoms with van der Waals surface area (Å²) in [6.07, 6.45) is -1.46. The Morgan fingerprint density at radius 2 is 2.00 bits per heavy atom. The molecule has 0 spiro atoms. The predicted octanol–water partition coefficient (Wildman–Crippen LogP) is 1.31. The minimum atomic E-state index is -1.08. The van der Waals surface area contributed by atoms with Gasteiger partial charge in [0.25, 0.3) is 0 Å². The van der Waals surface area contributed by atoms with E-state index in [0.717, 1.165) is 5.56 Å². The molecule has 0 aliphatic heterocycles. The Hall–Kier alpha value is -1.59. The number of benzene rings is 1. The van der Waals surface area contributed by atoms with Gasteiger partial charge in [0, 0.05) is 19.0 Å². The van der Waals surface area contributed by atoms with Crippen LogP contribution in [0.25, 0.3) is 0 Å². The molecule has 5 nitrogen and oxygen atoms in total. The molecule has 1 amide bonds. The summed E-state index contributed by atoms with van der Waals surface area (Å²) < 4.78 is 0. The highest BCUT2D eigenvalue weighted by Gasteiger charge is 2.10. The van der Waals surface area contributed by atoms with Crippen molar-refractivity contribution in [3.63, 3.8) is 0 Å². The van der Waals surface area contributed by atoms with Crippen molar-refractivity contribution in [1.82, 2.24) is 10.6 Å². The van der Waals surface area contributed by atoms with Crippen molar-refractivity contribution >= 4 is 6.09 Å². The van der Waals surface area contributed by atoms with Crippen LogP contribution in [0, 0.1) is 0 Å². The first-order valence-corrected chi connectivity index (χ1v) is 5.55. The smallest absolute Gasteiger partial charge is 0.404 e. The summed E-state index contributed by atoms with van der Waals surface area (Å²) in [5.74, 6) is 0. The van der Waals surface area contributed by atoms with E-state index in [4.69, 9.17) is 5.11 Å². The molecule has 0 aliphatic rings.